The Morgan fingerprint density at radius 3 is 2.40 bits per heavy atom. The Bertz CT molecular complexity index is 253. The van der Waals surface area contributed by atoms with Crippen molar-refractivity contribution < 1.29 is 9.90 Å². The molecule has 0 unspecified atom stereocenters. The molecule has 0 spiro atoms. The molecule has 0 saturated carbocycles. The van der Waals surface area contributed by atoms with Crippen LogP contribution in [0.1, 0.15) is 15.9 Å². The Balaban J connectivity index is 3.15. The molecule has 1 N–H and O–H groups in total. The van der Waals surface area contributed by atoms with E-state index in [1.807, 2.05) is 0 Å². The lowest BCUT2D eigenvalue weighted by atomic mass is 10.1. The average Bonchev–Trinajstić information content (AvgIpc) is 1.88. The molecule has 10 heavy (non-hydrogen) atoms. The van der Waals surface area contributed by atoms with Crippen molar-refractivity contribution in [1.29, 1.82) is 0 Å². The molecule has 50 valence electrons. The van der Waals surface area contributed by atoms with Crippen LogP contribution in [0.15, 0.2) is 24.3 Å². The highest BCUT2D eigenvalue weighted by Crippen LogP contribution is 2.05. The molecule has 0 aliphatic heterocycles. The van der Waals surface area contributed by atoms with E-state index in [9.17, 15) is 4.79 Å². The van der Waals surface area contributed by atoms with Crippen molar-refractivity contribution in [1.82, 2.24) is 0 Å². The Morgan fingerprint density at radius 2 is 2.00 bits per heavy atom. The zero-order valence-electron chi connectivity index (χ0n) is 5.24. The van der Waals surface area contributed by atoms with E-state index in [0.29, 0.717) is 5.56 Å². The quantitative estimate of drug-likeness (QED) is 0.631. The van der Waals surface area contributed by atoms with E-state index in [-0.39, 0.29) is 5.56 Å². The van der Waals surface area contributed by atoms with E-state index >= 15 is 0 Å². The zero-order chi connectivity index (χ0) is 7.56. The molecule has 0 aliphatic carbocycles. The molecular formula is C8H6O2. The van der Waals surface area contributed by atoms with Crippen molar-refractivity contribution >= 4 is 5.97 Å². The van der Waals surface area contributed by atoms with Crippen LogP contribution < -0.4 is 0 Å². The highest BCUT2D eigenvalue weighted by Gasteiger charge is 2.03. The number of hydrogen-bond donors (Lipinski definition) is 1. The zero-order valence-corrected chi connectivity index (χ0v) is 5.24. The maximum absolute atomic E-state index is 10.3. The monoisotopic (exact) mass is 134 g/mol. The Labute approximate surface area is 59.1 Å². The van der Waals surface area contributed by atoms with E-state index < -0.39 is 5.97 Å². The normalized spacial score (nSPS) is 9.30. The third kappa shape index (κ3) is 1.16. The van der Waals surface area contributed by atoms with Gasteiger partial charge in [-0.15, -0.1) is 0 Å². The average molecular weight is 134 g/mol. The summed E-state index contributed by atoms with van der Waals surface area (Å²) in [4.78, 5) is 10.3. The van der Waals surface area contributed by atoms with Crippen molar-refractivity contribution in [2.75, 3.05) is 0 Å². The summed E-state index contributed by atoms with van der Waals surface area (Å²) in [5, 5.41) is 8.49. The van der Waals surface area contributed by atoms with Crippen molar-refractivity contribution in [3.8, 4) is 0 Å². The molecular weight excluding hydrogens is 128 g/mol. The highest BCUT2D eigenvalue weighted by atomic mass is 16.4. The van der Waals surface area contributed by atoms with Crippen LogP contribution in [-0.4, -0.2) is 11.1 Å². The molecule has 0 atom stereocenters. The van der Waals surface area contributed by atoms with Crippen molar-refractivity contribution in [3.05, 3.63) is 42.3 Å². The summed E-state index contributed by atoms with van der Waals surface area (Å²) in [7, 11) is 0. The molecule has 0 fully saturated rings. The van der Waals surface area contributed by atoms with E-state index in [1.165, 1.54) is 6.07 Å². The number of carbonyl (C=O) groups is 1. The summed E-state index contributed by atoms with van der Waals surface area (Å²) in [6.07, 6.45) is 0. The number of benzene rings is 1. The van der Waals surface area contributed by atoms with E-state index in [2.05, 4.69) is 0 Å². The molecule has 0 aliphatic rings. The first-order chi connectivity index (χ1) is 4.72. The first kappa shape index (κ1) is 6.81. The number of hydrogen-bond acceptors (Lipinski definition) is 1. The third-order valence-electron chi connectivity index (χ3n) is 1.19. The standard InChI is InChI=1S/C8H6O2/c1-6-4-2-3-5-7(6)8(9)10/h1-5H,(H,9,10). The van der Waals surface area contributed by atoms with Crippen LogP contribution in [0.5, 0.6) is 0 Å². The summed E-state index contributed by atoms with van der Waals surface area (Å²) < 4.78 is 0. The van der Waals surface area contributed by atoms with Gasteiger partial charge in [0.15, 0.2) is 0 Å². The molecule has 0 heterocycles. The molecule has 2 nitrogen and oxygen atoms in total. The van der Waals surface area contributed by atoms with Crippen LogP contribution in [0.4, 0.5) is 0 Å². The van der Waals surface area contributed by atoms with Gasteiger partial charge in [-0.25, -0.2) is 4.79 Å². The molecule has 0 bridgehead atoms. The SMILES string of the molecule is [CH]c1ccccc1C(=O)O. The number of aromatic carboxylic acids is 1. The lowest BCUT2D eigenvalue weighted by Crippen LogP contribution is -1.97. The summed E-state index contributed by atoms with van der Waals surface area (Å²) >= 11 is 0. The summed E-state index contributed by atoms with van der Waals surface area (Å²) in [5.41, 5.74) is 0.456. The fourth-order valence-electron chi connectivity index (χ4n) is 0.692. The van der Waals surface area contributed by atoms with Gasteiger partial charge in [0.1, 0.15) is 0 Å². The van der Waals surface area contributed by atoms with Gasteiger partial charge < -0.3 is 5.11 Å². The molecule has 0 saturated heterocycles. The van der Waals surface area contributed by atoms with Crippen molar-refractivity contribution in [3.63, 3.8) is 0 Å². The molecule has 1 rings (SSSR count). The molecule has 1 aromatic rings. The van der Waals surface area contributed by atoms with Crippen LogP contribution in [-0.2, 0) is 0 Å². The fraction of sp³-hybridized carbons (Fsp3) is 0. The predicted molar refractivity (Wildman–Crippen MR) is 36.8 cm³/mol. The minimum absolute atomic E-state index is 0.155. The Hall–Kier alpha value is -1.31. The Morgan fingerprint density at radius 1 is 1.40 bits per heavy atom. The minimum atomic E-state index is -0.988. The molecule has 0 aromatic heterocycles. The molecule has 2 radical (unpaired) electrons. The fourth-order valence-corrected chi connectivity index (χ4v) is 0.692. The van der Waals surface area contributed by atoms with Gasteiger partial charge in [-0.2, -0.15) is 0 Å². The van der Waals surface area contributed by atoms with E-state index in [1.54, 1.807) is 18.2 Å². The number of carboxylic acid groups (broad SMARTS) is 1. The first-order valence-electron chi connectivity index (χ1n) is 2.79. The molecule has 0 amide bonds. The van der Waals surface area contributed by atoms with E-state index in [0.717, 1.165) is 0 Å². The largest absolute Gasteiger partial charge is 0.478 e. The van der Waals surface area contributed by atoms with E-state index in [4.69, 9.17) is 12.0 Å². The summed E-state index contributed by atoms with van der Waals surface area (Å²) in [5.74, 6) is -0.988. The summed E-state index contributed by atoms with van der Waals surface area (Å²) in [6.45, 7) is 5.34. The van der Waals surface area contributed by atoms with Crippen LogP contribution in [0.2, 0.25) is 0 Å². The van der Waals surface area contributed by atoms with Gasteiger partial charge in [0, 0.05) is 0 Å². The van der Waals surface area contributed by atoms with Crippen LogP contribution in [0, 0.1) is 6.92 Å². The van der Waals surface area contributed by atoms with Crippen LogP contribution in [0.3, 0.4) is 0 Å². The van der Waals surface area contributed by atoms with Gasteiger partial charge in [-0.05, 0) is 18.6 Å². The number of rotatable bonds is 1. The lowest BCUT2D eigenvalue weighted by Gasteiger charge is -1.95. The highest BCUT2D eigenvalue weighted by molar-refractivity contribution is 5.89. The van der Waals surface area contributed by atoms with Crippen LogP contribution >= 0.6 is 0 Å². The summed E-state index contributed by atoms with van der Waals surface area (Å²) in [6, 6.07) is 6.36. The lowest BCUT2D eigenvalue weighted by molar-refractivity contribution is 0.0696. The maximum Gasteiger partial charge on any atom is 0.335 e. The number of carboxylic acids is 1. The second-order valence-electron chi connectivity index (χ2n) is 1.89. The van der Waals surface area contributed by atoms with Crippen molar-refractivity contribution in [2.24, 2.45) is 0 Å². The van der Waals surface area contributed by atoms with Gasteiger partial charge in [0.25, 0.3) is 0 Å². The van der Waals surface area contributed by atoms with Gasteiger partial charge in [0.05, 0.1) is 5.56 Å². The van der Waals surface area contributed by atoms with Gasteiger partial charge in [0.2, 0.25) is 0 Å². The first-order valence-corrected chi connectivity index (χ1v) is 2.79. The minimum Gasteiger partial charge on any atom is -0.478 e. The molecule has 1 aromatic carbocycles. The topological polar surface area (TPSA) is 37.3 Å². The van der Waals surface area contributed by atoms with Crippen molar-refractivity contribution in [2.45, 2.75) is 0 Å². The van der Waals surface area contributed by atoms with Gasteiger partial charge in [-0.3, -0.25) is 0 Å². The second-order valence-corrected chi connectivity index (χ2v) is 1.89. The van der Waals surface area contributed by atoms with Gasteiger partial charge in [-0.1, -0.05) is 18.2 Å². The third-order valence-corrected chi connectivity index (χ3v) is 1.19. The van der Waals surface area contributed by atoms with Crippen LogP contribution in [0.25, 0.3) is 0 Å². The molecule has 2 heteroatoms. The smallest absolute Gasteiger partial charge is 0.335 e. The second kappa shape index (κ2) is 2.52. The maximum atomic E-state index is 10.3. The predicted octanol–water partition coefficient (Wildman–Crippen LogP) is 1.44. The van der Waals surface area contributed by atoms with Gasteiger partial charge >= 0.3 is 5.97 Å². The Kier molecular flexibility index (Phi) is 1.71.